The Hall–Kier alpha value is -1.94. The lowest BCUT2D eigenvalue weighted by Gasteiger charge is -2.16. The summed E-state index contributed by atoms with van der Waals surface area (Å²) in [6.45, 7) is 0. The normalized spacial score (nSPS) is 11.6. The van der Waals surface area contributed by atoms with E-state index in [4.69, 9.17) is 9.47 Å². The third-order valence-corrected chi connectivity index (χ3v) is 3.41. The van der Waals surface area contributed by atoms with Crippen LogP contribution in [0.3, 0.4) is 0 Å². The van der Waals surface area contributed by atoms with Gasteiger partial charge in [-0.1, -0.05) is 48.2 Å². The summed E-state index contributed by atoms with van der Waals surface area (Å²) in [4.78, 5) is 12.7. The van der Waals surface area contributed by atoms with Crippen LogP contribution >= 0.6 is 11.8 Å². The van der Waals surface area contributed by atoms with Crippen LogP contribution in [0.15, 0.2) is 65.6 Å². The fraction of sp³-hybridized carbons (Fsp3) is 0.133. The Bertz CT molecular complexity index is 472. The van der Waals surface area contributed by atoms with Crippen LogP contribution in [0.5, 0.6) is 5.75 Å². The van der Waals surface area contributed by atoms with Crippen LogP contribution in [0.25, 0.3) is 0 Å². The standard InChI is InChI=1S/C15H14O3S/c1-17-14(16)15(18-12-8-4-2-5-9-12)19-13-10-6-3-7-11-13/h2-11,15H,1H3. The molecule has 0 aliphatic heterocycles. The molecule has 98 valence electrons. The van der Waals surface area contributed by atoms with Gasteiger partial charge in [0.1, 0.15) is 5.75 Å². The highest BCUT2D eigenvalue weighted by atomic mass is 32.2. The minimum Gasteiger partial charge on any atom is -0.468 e. The molecule has 0 N–H and O–H groups in total. The van der Waals surface area contributed by atoms with Crippen molar-refractivity contribution in [1.82, 2.24) is 0 Å². The van der Waals surface area contributed by atoms with Gasteiger partial charge in [-0.3, -0.25) is 0 Å². The first-order chi connectivity index (χ1) is 9.29. The largest absolute Gasteiger partial charge is 0.468 e. The van der Waals surface area contributed by atoms with E-state index >= 15 is 0 Å². The number of esters is 1. The minimum atomic E-state index is -0.713. The van der Waals surface area contributed by atoms with Crippen molar-refractivity contribution < 1.29 is 14.3 Å². The number of carbonyl (C=O) groups is 1. The third kappa shape index (κ3) is 4.03. The molecule has 2 aromatic rings. The Labute approximate surface area is 116 Å². The number of hydrogen-bond acceptors (Lipinski definition) is 4. The molecular formula is C15H14O3S. The molecule has 0 spiro atoms. The van der Waals surface area contributed by atoms with E-state index < -0.39 is 11.4 Å². The van der Waals surface area contributed by atoms with Crippen molar-refractivity contribution in [2.45, 2.75) is 10.3 Å². The predicted molar refractivity (Wildman–Crippen MR) is 75.2 cm³/mol. The Kier molecular flexibility index (Phi) is 4.86. The molecule has 3 nitrogen and oxygen atoms in total. The highest BCUT2D eigenvalue weighted by Gasteiger charge is 2.22. The summed E-state index contributed by atoms with van der Waals surface area (Å²) in [5.41, 5.74) is -0.713. The van der Waals surface area contributed by atoms with E-state index in [0.29, 0.717) is 5.75 Å². The van der Waals surface area contributed by atoms with Crippen molar-refractivity contribution in [3.05, 3.63) is 60.7 Å². The molecule has 0 aromatic heterocycles. The molecule has 0 amide bonds. The fourth-order valence-corrected chi connectivity index (χ4v) is 2.37. The van der Waals surface area contributed by atoms with Crippen LogP contribution in [-0.2, 0) is 9.53 Å². The number of benzene rings is 2. The first kappa shape index (κ1) is 13.5. The van der Waals surface area contributed by atoms with Crippen LogP contribution < -0.4 is 4.74 Å². The van der Waals surface area contributed by atoms with Gasteiger partial charge in [-0.15, -0.1) is 0 Å². The van der Waals surface area contributed by atoms with Gasteiger partial charge in [0.05, 0.1) is 7.11 Å². The minimum absolute atomic E-state index is 0.405. The monoisotopic (exact) mass is 274 g/mol. The molecule has 0 radical (unpaired) electrons. The molecule has 0 saturated carbocycles. The molecule has 0 aliphatic rings. The van der Waals surface area contributed by atoms with Crippen LogP contribution in [0.4, 0.5) is 0 Å². The molecule has 0 heterocycles. The zero-order valence-corrected chi connectivity index (χ0v) is 11.3. The first-order valence-electron chi connectivity index (χ1n) is 5.81. The highest BCUT2D eigenvalue weighted by Crippen LogP contribution is 2.26. The Morgan fingerprint density at radius 3 is 2.16 bits per heavy atom. The van der Waals surface area contributed by atoms with Gasteiger partial charge in [-0.05, 0) is 24.3 Å². The topological polar surface area (TPSA) is 35.5 Å². The van der Waals surface area contributed by atoms with Gasteiger partial charge in [-0.2, -0.15) is 0 Å². The number of carbonyl (C=O) groups excluding carboxylic acids is 1. The van der Waals surface area contributed by atoms with E-state index in [1.54, 1.807) is 0 Å². The summed E-state index contributed by atoms with van der Waals surface area (Å²) in [7, 11) is 1.36. The van der Waals surface area contributed by atoms with Crippen molar-refractivity contribution in [2.24, 2.45) is 0 Å². The second kappa shape index (κ2) is 6.85. The SMILES string of the molecule is COC(=O)C(Oc1ccccc1)Sc1ccccc1. The average Bonchev–Trinajstić information content (AvgIpc) is 2.48. The van der Waals surface area contributed by atoms with E-state index in [1.165, 1.54) is 18.9 Å². The molecule has 2 aromatic carbocycles. The van der Waals surface area contributed by atoms with Crippen molar-refractivity contribution >= 4 is 17.7 Å². The van der Waals surface area contributed by atoms with Crippen LogP contribution in [-0.4, -0.2) is 18.5 Å². The maximum Gasteiger partial charge on any atom is 0.358 e. The van der Waals surface area contributed by atoms with E-state index in [1.807, 2.05) is 60.7 Å². The average molecular weight is 274 g/mol. The number of ether oxygens (including phenoxy) is 2. The first-order valence-corrected chi connectivity index (χ1v) is 6.69. The van der Waals surface area contributed by atoms with Gasteiger partial charge >= 0.3 is 5.97 Å². The zero-order chi connectivity index (χ0) is 13.5. The Morgan fingerprint density at radius 2 is 1.58 bits per heavy atom. The van der Waals surface area contributed by atoms with Gasteiger partial charge in [0, 0.05) is 4.90 Å². The molecule has 0 fully saturated rings. The van der Waals surface area contributed by atoms with E-state index in [9.17, 15) is 4.79 Å². The van der Waals surface area contributed by atoms with Gasteiger partial charge in [-0.25, -0.2) is 4.79 Å². The second-order valence-corrected chi connectivity index (χ2v) is 4.85. The lowest BCUT2D eigenvalue weighted by molar-refractivity contribution is -0.144. The summed E-state index contributed by atoms with van der Waals surface area (Å²) in [5, 5.41) is 0. The highest BCUT2D eigenvalue weighted by molar-refractivity contribution is 8.00. The van der Waals surface area contributed by atoms with Crippen molar-refractivity contribution in [2.75, 3.05) is 7.11 Å². The smallest absolute Gasteiger partial charge is 0.358 e. The quantitative estimate of drug-likeness (QED) is 0.476. The molecule has 0 bridgehead atoms. The number of rotatable bonds is 5. The Morgan fingerprint density at radius 1 is 1.00 bits per heavy atom. The van der Waals surface area contributed by atoms with Crippen LogP contribution in [0, 0.1) is 0 Å². The van der Waals surface area contributed by atoms with Gasteiger partial charge in [0.25, 0.3) is 0 Å². The van der Waals surface area contributed by atoms with Gasteiger partial charge in [0.15, 0.2) is 0 Å². The van der Waals surface area contributed by atoms with Crippen LogP contribution in [0.1, 0.15) is 0 Å². The molecule has 0 saturated heterocycles. The predicted octanol–water partition coefficient (Wildman–Crippen LogP) is 3.36. The maximum atomic E-state index is 11.8. The van der Waals surface area contributed by atoms with Crippen molar-refractivity contribution in [3.63, 3.8) is 0 Å². The summed E-state index contributed by atoms with van der Waals surface area (Å²) in [6.07, 6.45) is 0. The van der Waals surface area contributed by atoms with Crippen molar-refractivity contribution in [1.29, 1.82) is 0 Å². The summed E-state index contributed by atoms with van der Waals surface area (Å²) in [6, 6.07) is 18.8. The number of methoxy groups -OCH3 is 1. The fourth-order valence-electron chi connectivity index (χ4n) is 1.46. The lowest BCUT2D eigenvalue weighted by Crippen LogP contribution is -2.25. The van der Waals surface area contributed by atoms with E-state index in [0.717, 1.165) is 4.90 Å². The lowest BCUT2D eigenvalue weighted by atomic mass is 10.3. The number of thioether (sulfide) groups is 1. The molecule has 1 unspecified atom stereocenters. The maximum absolute atomic E-state index is 11.8. The molecule has 1 atom stereocenters. The van der Waals surface area contributed by atoms with Crippen LogP contribution in [0.2, 0.25) is 0 Å². The zero-order valence-electron chi connectivity index (χ0n) is 10.5. The number of hydrogen-bond donors (Lipinski definition) is 0. The van der Waals surface area contributed by atoms with Crippen molar-refractivity contribution in [3.8, 4) is 5.75 Å². The molecule has 4 heteroatoms. The number of para-hydroxylation sites is 1. The second-order valence-electron chi connectivity index (χ2n) is 3.72. The summed E-state index contributed by atoms with van der Waals surface area (Å²) < 4.78 is 10.4. The van der Waals surface area contributed by atoms with Gasteiger partial charge in [0.2, 0.25) is 5.44 Å². The van der Waals surface area contributed by atoms with E-state index in [-0.39, 0.29) is 0 Å². The third-order valence-electron chi connectivity index (χ3n) is 2.37. The van der Waals surface area contributed by atoms with Gasteiger partial charge < -0.3 is 9.47 Å². The molecule has 19 heavy (non-hydrogen) atoms. The molecule has 0 aliphatic carbocycles. The Balaban J connectivity index is 2.10. The molecular weight excluding hydrogens is 260 g/mol. The summed E-state index contributed by atoms with van der Waals surface area (Å²) in [5.74, 6) is 0.235. The van der Waals surface area contributed by atoms with E-state index in [2.05, 4.69) is 0 Å². The molecule has 2 rings (SSSR count). The summed E-state index contributed by atoms with van der Waals surface area (Å²) >= 11 is 1.32.